The highest BCUT2D eigenvalue weighted by Gasteiger charge is 1.64. The number of rotatable bonds is 4. The van der Waals surface area contributed by atoms with E-state index in [-0.39, 0.29) is 0 Å². The molecule has 0 spiro atoms. The summed E-state index contributed by atoms with van der Waals surface area (Å²) in [6.07, 6.45) is 0. The van der Waals surface area contributed by atoms with Crippen molar-refractivity contribution in [2.75, 3.05) is 26.1 Å². The van der Waals surface area contributed by atoms with Crippen LogP contribution in [0.4, 0.5) is 0 Å². The lowest BCUT2D eigenvalue weighted by Crippen LogP contribution is -1.80. The molecule has 0 unspecified atom stereocenters. The first-order chi connectivity index (χ1) is 5.83. The molecule has 6 heteroatoms. The zero-order chi connectivity index (χ0) is 10.2. The van der Waals surface area contributed by atoms with Gasteiger partial charge in [0, 0.05) is 0 Å². The van der Waals surface area contributed by atoms with Crippen LogP contribution < -0.4 is 0 Å². The quantitative estimate of drug-likeness (QED) is 0.327. The minimum Gasteiger partial charge on any atom is -0.239 e. The van der Waals surface area contributed by atoms with Crippen LogP contribution in [-0.4, -0.2) is 26.1 Å². The summed E-state index contributed by atoms with van der Waals surface area (Å²) in [6, 6.07) is 0. The van der Waals surface area contributed by atoms with Crippen LogP contribution >= 0.6 is 25.3 Å². The lowest BCUT2D eigenvalue weighted by atomic mass is 11.0. The van der Waals surface area contributed by atoms with Gasteiger partial charge in [-0.1, -0.05) is 13.8 Å². The third kappa shape index (κ3) is 46.5. The molecule has 0 radical (unpaired) electrons. The SMILES string of the molecule is CC.COOCS.COOCS. The minimum absolute atomic E-state index is 0.316. The fourth-order valence-electron chi connectivity index (χ4n) is 0.105. The molecule has 4 nitrogen and oxygen atoms in total. The minimum atomic E-state index is 0.316. The van der Waals surface area contributed by atoms with Crippen LogP contribution in [-0.2, 0) is 19.6 Å². The van der Waals surface area contributed by atoms with Gasteiger partial charge in [0.1, 0.15) is 11.9 Å². The summed E-state index contributed by atoms with van der Waals surface area (Å²) in [6.45, 7) is 4.00. The number of hydrogen-bond donors (Lipinski definition) is 2. The predicted molar refractivity (Wildman–Crippen MR) is 55.2 cm³/mol. The van der Waals surface area contributed by atoms with Gasteiger partial charge in [0.25, 0.3) is 0 Å². The average molecular weight is 218 g/mol. The van der Waals surface area contributed by atoms with Gasteiger partial charge in [-0.2, -0.15) is 0 Å². The number of thiol groups is 2. The maximum Gasteiger partial charge on any atom is 0.125 e. The topological polar surface area (TPSA) is 36.9 Å². The molecule has 0 rings (SSSR count). The highest BCUT2D eigenvalue weighted by atomic mass is 32.1. The summed E-state index contributed by atoms with van der Waals surface area (Å²) in [4.78, 5) is 16.6. The molecule has 0 heterocycles. The standard InChI is InChI=1S/2C2H6O2S.C2H6/c2*1-3-4-2-5;1-2/h2*5H,2H2,1H3;1-2H3. The Morgan fingerprint density at radius 1 is 0.833 bits per heavy atom. The molecule has 0 aliphatic rings. The number of hydrogen-bond acceptors (Lipinski definition) is 6. The molecule has 0 aromatic rings. The van der Waals surface area contributed by atoms with E-state index in [1.54, 1.807) is 0 Å². The maximum atomic E-state index is 4.20. The van der Waals surface area contributed by atoms with Gasteiger partial charge in [-0.25, -0.2) is 19.6 Å². The summed E-state index contributed by atoms with van der Waals surface area (Å²) in [7, 11) is 2.88. The first-order valence-corrected chi connectivity index (χ1v) is 4.62. The van der Waals surface area contributed by atoms with Crippen molar-refractivity contribution in [1.29, 1.82) is 0 Å². The van der Waals surface area contributed by atoms with Crippen molar-refractivity contribution in [3.8, 4) is 0 Å². The highest BCUT2D eigenvalue weighted by Crippen LogP contribution is 1.73. The van der Waals surface area contributed by atoms with E-state index in [1.807, 2.05) is 13.8 Å². The molecule has 0 saturated heterocycles. The third-order valence-corrected chi connectivity index (χ3v) is 0.552. The Bertz CT molecular complexity index is 38.5. The van der Waals surface area contributed by atoms with E-state index in [2.05, 4.69) is 44.8 Å². The van der Waals surface area contributed by atoms with Gasteiger partial charge in [0.2, 0.25) is 0 Å². The van der Waals surface area contributed by atoms with Gasteiger partial charge in [-0.05, 0) is 0 Å². The first kappa shape index (κ1) is 18.3. The van der Waals surface area contributed by atoms with E-state index < -0.39 is 0 Å². The molecule has 78 valence electrons. The molecule has 0 fully saturated rings. The summed E-state index contributed by atoms with van der Waals surface area (Å²) < 4.78 is 0. The molecule has 0 amide bonds. The Hall–Kier alpha value is 0.540. The predicted octanol–water partition coefficient (Wildman–Crippen LogP) is 1.93. The van der Waals surface area contributed by atoms with E-state index in [1.165, 1.54) is 14.2 Å². The average Bonchev–Trinajstić information content (AvgIpc) is 2.12. The second kappa shape index (κ2) is 30.0. The lowest BCUT2D eigenvalue weighted by molar-refractivity contribution is -0.254. The van der Waals surface area contributed by atoms with Crippen molar-refractivity contribution in [2.24, 2.45) is 0 Å². The van der Waals surface area contributed by atoms with E-state index >= 15 is 0 Å². The van der Waals surface area contributed by atoms with Gasteiger partial charge < -0.3 is 0 Å². The highest BCUT2D eigenvalue weighted by molar-refractivity contribution is 7.80. The summed E-state index contributed by atoms with van der Waals surface area (Å²) in [5, 5.41) is 0. The van der Waals surface area contributed by atoms with Crippen LogP contribution in [0.2, 0.25) is 0 Å². The zero-order valence-corrected chi connectivity index (χ0v) is 9.73. The molecule has 0 saturated carbocycles. The monoisotopic (exact) mass is 218 g/mol. The Kier molecular flexibility index (Phi) is 45.8. The molecule has 0 aromatic carbocycles. The van der Waals surface area contributed by atoms with Crippen LogP contribution in [0.25, 0.3) is 0 Å². The molecule has 0 aliphatic carbocycles. The van der Waals surface area contributed by atoms with Crippen molar-refractivity contribution >= 4 is 25.3 Å². The smallest absolute Gasteiger partial charge is 0.125 e. The van der Waals surface area contributed by atoms with E-state index in [0.29, 0.717) is 11.9 Å². The van der Waals surface area contributed by atoms with Crippen molar-refractivity contribution in [3.63, 3.8) is 0 Å². The Labute approximate surface area is 85.2 Å². The molecule has 0 N–H and O–H groups in total. The van der Waals surface area contributed by atoms with Gasteiger partial charge in [-0.3, -0.25) is 0 Å². The van der Waals surface area contributed by atoms with E-state index in [4.69, 9.17) is 0 Å². The van der Waals surface area contributed by atoms with Gasteiger partial charge in [0.05, 0.1) is 14.2 Å². The van der Waals surface area contributed by atoms with Crippen LogP contribution in [0.3, 0.4) is 0 Å². The second-order valence-electron chi connectivity index (χ2n) is 0.827. The Morgan fingerprint density at radius 2 is 1.08 bits per heavy atom. The Balaban J connectivity index is -0.000000112. The van der Waals surface area contributed by atoms with Crippen molar-refractivity contribution in [3.05, 3.63) is 0 Å². The molecular formula is C6H18O4S2. The molecule has 0 aromatic heterocycles. The maximum absolute atomic E-state index is 4.20. The van der Waals surface area contributed by atoms with Crippen LogP contribution in [0.1, 0.15) is 13.8 Å². The van der Waals surface area contributed by atoms with E-state index in [0.717, 1.165) is 0 Å². The first-order valence-electron chi connectivity index (χ1n) is 3.36. The molecular weight excluding hydrogens is 200 g/mol. The van der Waals surface area contributed by atoms with Gasteiger partial charge >= 0.3 is 0 Å². The molecule has 0 atom stereocenters. The van der Waals surface area contributed by atoms with Crippen LogP contribution in [0.15, 0.2) is 0 Å². The van der Waals surface area contributed by atoms with Gasteiger partial charge in [0.15, 0.2) is 0 Å². The molecule has 0 bridgehead atoms. The van der Waals surface area contributed by atoms with Crippen molar-refractivity contribution < 1.29 is 19.6 Å². The second-order valence-corrected chi connectivity index (χ2v) is 1.34. The normalized spacial score (nSPS) is 7.50. The fourth-order valence-corrected chi connectivity index (χ4v) is 0.316. The van der Waals surface area contributed by atoms with Crippen molar-refractivity contribution in [2.45, 2.75) is 13.8 Å². The summed E-state index contributed by atoms with van der Waals surface area (Å²) in [5.74, 6) is 0.632. The summed E-state index contributed by atoms with van der Waals surface area (Å²) >= 11 is 7.31. The Morgan fingerprint density at radius 3 is 1.08 bits per heavy atom. The third-order valence-electron chi connectivity index (χ3n) is 0.341. The van der Waals surface area contributed by atoms with Crippen molar-refractivity contribution in [1.82, 2.24) is 0 Å². The van der Waals surface area contributed by atoms with E-state index in [9.17, 15) is 0 Å². The largest absolute Gasteiger partial charge is 0.239 e. The fraction of sp³-hybridized carbons (Fsp3) is 1.00. The molecule has 0 aliphatic heterocycles. The van der Waals surface area contributed by atoms with Gasteiger partial charge in [-0.15, -0.1) is 25.3 Å². The van der Waals surface area contributed by atoms with Crippen LogP contribution in [0, 0.1) is 0 Å². The zero-order valence-electron chi connectivity index (χ0n) is 7.94. The lowest BCUT2D eigenvalue weighted by Gasteiger charge is -1.85. The summed E-state index contributed by atoms with van der Waals surface area (Å²) in [5.41, 5.74) is 0. The van der Waals surface area contributed by atoms with Crippen LogP contribution in [0.5, 0.6) is 0 Å². The molecule has 12 heavy (non-hydrogen) atoms.